The fraction of sp³-hybridized carbons (Fsp3) is 0.609. The van der Waals surface area contributed by atoms with Crippen molar-refractivity contribution >= 4 is 6.79 Å². The Balaban J connectivity index is 0. The van der Waals surface area contributed by atoms with E-state index in [-0.39, 0.29) is 5.82 Å². The number of rotatable bonds is 9. The minimum absolute atomic E-state index is 0.258. The molecule has 1 aliphatic carbocycles. The molecule has 1 aromatic rings. The lowest BCUT2D eigenvalue weighted by atomic mass is 9.98. The highest BCUT2D eigenvalue weighted by Crippen LogP contribution is 2.30. The van der Waals surface area contributed by atoms with Gasteiger partial charge in [-0.1, -0.05) is 12.5 Å². The molecule has 0 radical (unpaired) electrons. The largest absolute Gasteiger partial charge is 0.490 e. The van der Waals surface area contributed by atoms with Gasteiger partial charge >= 0.3 is 0 Å². The van der Waals surface area contributed by atoms with Gasteiger partial charge in [-0.3, -0.25) is 0 Å². The SMILES string of the molecule is C=C.C=O.CNCCCCC(C)(C)NC.Cc1ccc(F)c(OCC2CC2)c1. The van der Waals surface area contributed by atoms with Crippen molar-refractivity contribution in [1.29, 1.82) is 0 Å². The number of nitrogens with one attached hydrogen (secondary N) is 2. The number of ether oxygens (including phenoxy) is 1. The molecule has 0 saturated heterocycles. The Labute approximate surface area is 171 Å². The van der Waals surface area contributed by atoms with Gasteiger partial charge in [-0.2, -0.15) is 0 Å². The van der Waals surface area contributed by atoms with Gasteiger partial charge in [-0.05, 0) is 90.7 Å². The fourth-order valence-corrected chi connectivity index (χ4v) is 2.21. The molecule has 162 valence electrons. The zero-order valence-corrected chi connectivity index (χ0v) is 18.6. The Morgan fingerprint density at radius 3 is 2.29 bits per heavy atom. The third-order valence-electron chi connectivity index (χ3n) is 4.41. The van der Waals surface area contributed by atoms with Crippen molar-refractivity contribution in [2.45, 2.75) is 58.4 Å². The van der Waals surface area contributed by atoms with Crippen LogP contribution in [0.25, 0.3) is 0 Å². The third-order valence-corrected chi connectivity index (χ3v) is 4.41. The Bertz CT molecular complexity index is 503. The molecule has 1 aliphatic rings. The van der Waals surface area contributed by atoms with Crippen LogP contribution < -0.4 is 15.4 Å². The molecule has 4 nitrogen and oxygen atoms in total. The fourth-order valence-electron chi connectivity index (χ4n) is 2.21. The lowest BCUT2D eigenvalue weighted by Crippen LogP contribution is -2.35. The Kier molecular flexibility index (Phi) is 17.7. The number of unbranched alkanes of at least 4 members (excludes halogenated alkanes) is 1. The van der Waals surface area contributed by atoms with Gasteiger partial charge in [0.05, 0.1) is 6.61 Å². The average Bonchev–Trinajstić information content (AvgIpc) is 3.54. The standard InChI is InChI=1S/C11H13FO.C9H22N2.C2H4.CH2O/c1-8-2-5-10(12)11(6-8)13-7-9-3-4-9;1-9(2,11-4)7-5-6-8-10-3;2*1-2/h2,5-6,9H,3-4,7H2,1H3;10-11H,5-8H2,1-4H3;1-2H2;1H2. The average molecular weight is 397 g/mol. The summed E-state index contributed by atoms with van der Waals surface area (Å²) in [6.07, 6.45) is 6.29. The van der Waals surface area contributed by atoms with E-state index in [2.05, 4.69) is 37.6 Å². The van der Waals surface area contributed by atoms with Crippen molar-refractivity contribution < 1.29 is 13.9 Å². The van der Waals surface area contributed by atoms with Crippen LogP contribution in [0.2, 0.25) is 0 Å². The molecular weight excluding hydrogens is 355 g/mol. The molecule has 0 aliphatic heterocycles. The number of carbonyl (C=O) groups is 1. The van der Waals surface area contributed by atoms with E-state index >= 15 is 0 Å². The predicted octanol–water partition coefficient (Wildman–Crippen LogP) is 4.91. The van der Waals surface area contributed by atoms with E-state index in [1.165, 1.54) is 38.2 Å². The van der Waals surface area contributed by atoms with Gasteiger partial charge < -0.3 is 20.2 Å². The van der Waals surface area contributed by atoms with Crippen molar-refractivity contribution in [3.05, 3.63) is 42.7 Å². The summed E-state index contributed by atoms with van der Waals surface area (Å²) >= 11 is 0. The molecule has 28 heavy (non-hydrogen) atoms. The summed E-state index contributed by atoms with van der Waals surface area (Å²) in [4.78, 5) is 8.00. The monoisotopic (exact) mass is 396 g/mol. The first-order chi connectivity index (χ1) is 13.4. The van der Waals surface area contributed by atoms with Gasteiger partial charge in [0.15, 0.2) is 11.6 Å². The number of hydrogen-bond donors (Lipinski definition) is 2. The maximum atomic E-state index is 13.1. The van der Waals surface area contributed by atoms with E-state index in [0.29, 0.717) is 23.8 Å². The molecule has 5 heteroatoms. The minimum atomic E-state index is -0.258. The first-order valence-electron chi connectivity index (χ1n) is 9.89. The number of halogens is 1. The van der Waals surface area contributed by atoms with E-state index < -0.39 is 0 Å². The van der Waals surface area contributed by atoms with Gasteiger partial charge in [-0.15, -0.1) is 13.2 Å². The van der Waals surface area contributed by atoms with Crippen LogP contribution >= 0.6 is 0 Å². The summed E-state index contributed by atoms with van der Waals surface area (Å²) in [7, 11) is 4.03. The van der Waals surface area contributed by atoms with Crippen LogP contribution in [0.15, 0.2) is 31.4 Å². The topological polar surface area (TPSA) is 50.4 Å². The highest BCUT2D eigenvalue weighted by molar-refractivity contribution is 5.29. The van der Waals surface area contributed by atoms with Gasteiger partial charge in [-0.25, -0.2) is 4.39 Å². The number of benzene rings is 1. The zero-order valence-electron chi connectivity index (χ0n) is 18.6. The van der Waals surface area contributed by atoms with Crippen LogP contribution in [-0.4, -0.2) is 39.6 Å². The van der Waals surface area contributed by atoms with Crippen molar-refractivity contribution in [2.24, 2.45) is 5.92 Å². The lowest BCUT2D eigenvalue weighted by Gasteiger charge is -2.23. The molecular formula is C23H41FN2O2. The van der Waals surface area contributed by atoms with Crippen LogP contribution in [0, 0.1) is 18.7 Å². The number of hydrogen-bond acceptors (Lipinski definition) is 4. The van der Waals surface area contributed by atoms with Crippen molar-refractivity contribution in [3.8, 4) is 5.75 Å². The molecule has 0 atom stereocenters. The molecule has 1 fully saturated rings. The van der Waals surface area contributed by atoms with E-state index in [1.54, 1.807) is 12.1 Å². The van der Waals surface area contributed by atoms with Crippen LogP contribution in [-0.2, 0) is 4.79 Å². The molecule has 0 bridgehead atoms. The van der Waals surface area contributed by atoms with Crippen molar-refractivity contribution in [3.63, 3.8) is 0 Å². The molecule has 0 aromatic heterocycles. The second-order valence-corrected chi connectivity index (χ2v) is 7.38. The summed E-state index contributed by atoms with van der Waals surface area (Å²) in [6.45, 7) is 16.2. The molecule has 0 spiro atoms. The molecule has 0 amide bonds. The first-order valence-corrected chi connectivity index (χ1v) is 9.89. The van der Waals surface area contributed by atoms with Crippen molar-refractivity contribution in [2.75, 3.05) is 27.2 Å². The maximum absolute atomic E-state index is 13.1. The van der Waals surface area contributed by atoms with Crippen molar-refractivity contribution in [1.82, 2.24) is 10.6 Å². The second kappa shape index (κ2) is 17.4. The van der Waals surface area contributed by atoms with Crippen LogP contribution in [0.4, 0.5) is 4.39 Å². The Morgan fingerprint density at radius 2 is 1.79 bits per heavy atom. The molecule has 2 rings (SSSR count). The summed E-state index contributed by atoms with van der Waals surface area (Å²) in [5.74, 6) is 0.804. The number of carbonyl (C=O) groups excluding carboxylic acids is 1. The van der Waals surface area contributed by atoms with E-state index in [1.807, 2.05) is 27.8 Å². The second-order valence-electron chi connectivity index (χ2n) is 7.38. The third kappa shape index (κ3) is 15.3. The summed E-state index contributed by atoms with van der Waals surface area (Å²) in [5.41, 5.74) is 1.35. The van der Waals surface area contributed by atoms with Gasteiger partial charge in [0.25, 0.3) is 0 Å². The summed E-state index contributed by atoms with van der Waals surface area (Å²) in [6, 6.07) is 4.95. The molecule has 1 aromatic carbocycles. The molecule has 0 heterocycles. The maximum Gasteiger partial charge on any atom is 0.165 e. The van der Waals surface area contributed by atoms with E-state index in [0.717, 1.165) is 12.1 Å². The van der Waals surface area contributed by atoms with E-state index in [4.69, 9.17) is 9.53 Å². The smallest absolute Gasteiger partial charge is 0.165 e. The van der Waals surface area contributed by atoms with Gasteiger partial charge in [0.1, 0.15) is 6.79 Å². The molecule has 2 N–H and O–H groups in total. The minimum Gasteiger partial charge on any atom is -0.490 e. The van der Waals surface area contributed by atoms with Crippen LogP contribution in [0.5, 0.6) is 5.75 Å². The lowest BCUT2D eigenvalue weighted by molar-refractivity contribution is -0.0979. The molecule has 1 saturated carbocycles. The van der Waals surface area contributed by atoms with Crippen LogP contribution in [0.3, 0.4) is 0 Å². The zero-order chi connectivity index (χ0) is 22.0. The normalized spacial score (nSPS) is 12.4. The predicted molar refractivity (Wildman–Crippen MR) is 119 cm³/mol. The van der Waals surface area contributed by atoms with Gasteiger partial charge in [0, 0.05) is 5.54 Å². The Morgan fingerprint density at radius 1 is 1.18 bits per heavy atom. The van der Waals surface area contributed by atoms with Gasteiger partial charge in [0.2, 0.25) is 0 Å². The highest BCUT2D eigenvalue weighted by atomic mass is 19.1. The van der Waals surface area contributed by atoms with E-state index in [9.17, 15) is 4.39 Å². The summed E-state index contributed by atoms with van der Waals surface area (Å²) < 4.78 is 18.5. The quantitative estimate of drug-likeness (QED) is 0.460. The number of aryl methyl sites for hydroxylation is 1. The Hall–Kier alpha value is -1.72. The molecule has 0 unspecified atom stereocenters. The van der Waals surface area contributed by atoms with Crippen LogP contribution in [0.1, 0.15) is 51.5 Å². The first kappa shape index (κ1) is 28.5. The summed E-state index contributed by atoms with van der Waals surface area (Å²) in [5, 5.41) is 6.45. The highest BCUT2D eigenvalue weighted by Gasteiger charge is 2.22.